The van der Waals surface area contributed by atoms with Crippen LogP contribution in [0.4, 0.5) is 5.82 Å². The van der Waals surface area contributed by atoms with E-state index in [1.165, 1.54) is 4.59 Å². The summed E-state index contributed by atoms with van der Waals surface area (Å²) >= 11 is 4.10. The van der Waals surface area contributed by atoms with Crippen molar-refractivity contribution >= 4 is 31.6 Å². The van der Waals surface area contributed by atoms with Gasteiger partial charge in [-0.3, -0.25) is 4.59 Å². The first kappa shape index (κ1) is 13.8. The first-order chi connectivity index (χ1) is 11.3. The van der Waals surface area contributed by atoms with Crippen LogP contribution in [0.3, 0.4) is 0 Å². The number of hydrogen-bond acceptors (Lipinski definition) is 7. The van der Waals surface area contributed by atoms with Crippen molar-refractivity contribution in [1.29, 1.82) is 0 Å². The molecule has 3 heterocycles. The van der Waals surface area contributed by atoms with Gasteiger partial charge >= 0.3 is 7.55 Å². The average Bonchev–Trinajstić information content (AvgIpc) is 3.19. The van der Waals surface area contributed by atoms with Crippen molar-refractivity contribution in [2.75, 3.05) is 5.23 Å². The van der Waals surface area contributed by atoms with E-state index >= 15 is 0 Å². The van der Waals surface area contributed by atoms with Crippen molar-refractivity contribution in [2.24, 2.45) is 0 Å². The van der Waals surface area contributed by atoms with Gasteiger partial charge in [-0.2, -0.15) is 4.52 Å². The van der Waals surface area contributed by atoms with E-state index in [0.717, 1.165) is 5.56 Å². The first-order valence-electron chi connectivity index (χ1n) is 6.78. The van der Waals surface area contributed by atoms with Crippen molar-refractivity contribution in [1.82, 2.24) is 34.7 Å². The highest BCUT2D eigenvalue weighted by Gasteiger charge is 2.10. The topological polar surface area (TPSA) is 85.8 Å². The monoisotopic (exact) mass is 321 g/mol. The Kier molecular flexibility index (Phi) is 3.43. The van der Waals surface area contributed by atoms with E-state index in [0.29, 0.717) is 22.3 Å². The Balaban J connectivity index is 1.64. The summed E-state index contributed by atoms with van der Waals surface area (Å²) in [6.45, 7) is 0. The lowest BCUT2D eigenvalue weighted by atomic mass is 10.2. The Hall–Kier alpha value is -2.88. The molecule has 1 radical (unpaired) electrons. The van der Waals surface area contributed by atoms with Crippen molar-refractivity contribution in [2.45, 2.75) is 5.03 Å². The van der Waals surface area contributed by atoms with Crippen molar-refractivity contribution in [3.8, 4) is 11.4 Å². The number of benzene rings is 1. The van der Waals surface area contributed by atoms with Gasteiger partial charge in [0.15, 0.2) is 11.5 Å². The predicted octanol–water partition coefficient (Wildman–Crippen LogP) is 1.17. The summed E-state index contributed by atoms with van der Waals surface area (Å²) in [6, 6.07) is 13.4. The smallest absolute Gasteiger partial charge is 0.394 e. The van der Waals surface area contributed by atoms with Crippen molar-refractivity contribution < 1.29 is 0 Å². The van der Waals surface area contributed by atoms with Gasteiger partial charge in [0.2, 0.25) is 0 Å². The van der Waals surface area contributed by atoms with E-state index < -0.39 is 0 Å². The van der Waals surface area contributed by atoms with Gasteiger partial charge in [-0.25, -0.2) is 0 Å². The third-order valence-electron chi connectivity index (χ3n) is 3.14. The molecule has 1 N–H and O–H groups in total. The minimum absolute atomic E-state index is 0.539. The Morgan fingerprint density at radius 3 is 2.65 bits per heavy atom. The number of fused-ring (bicyclic) bond motifs is 1. The van der Waals surface area contributed by atoms with Crippen LogP contribution in [0.2, 0.25) is 0 Å². The lowest BCUT2D eigenvalue weighted by Crippen LogP contribution is -2.18. The van der Waals surface area contributed by atoms with Gasteiger partial charge < -0.3 is 5.23 Å². The summed E-state index contributed by atoms with van der Waals surface area (Å²) in [6.07, 6.45) is 1.67. The second kappa shape index (κ2) is 5.73. The fourth-order valence-electron chi connectivity index (χ4n) is 2.10. The minimum Gasteiger partial charge on any atom is -0.394 e. The van der Waals surface area contributed by atoms with Gasteiger partial charge in [0.1, 0.15) is 10.8 Å². The molecule has 0 amide bonds. The molecule has 1 aromatic carbocycles. The summed E-state index contributed by atoms with van der Waals surface area (Å²) < 4.78 is 3.20. The first-order valence-corrected chi connectivity index (χ1v) is 7.23. The molecule has 0 bridgehead atoms. The molecule has 4 rings (SSSR count). The molecule has 4 aromatic rings. The Morgan fingerprint density at radius 1 is 1.00 bits per heavy atom. The molecule has 0 aliphatic heterocycles. The average molecular weight is 321 g/mol. The standard InChI is InChI=1S/C13H10BN8S/c23-12-8-21(20-17-12)14-15-10-6-7-11-16-18-13(22(11)19-10)9-4-2-1-3-5-9/h1-8,23H,(H,15,19). The van der Waals surface area contributed by atoms with Gasteiger partial charge in [-0.1, -0.05) is 35.5 Å². The van der Waals surface area contributed by atoms with Crippen LogP contribution >= 0.6 is 12.6 Å². The van der Waals surface area contributed by atoms with Crippen molar-refractivity contribution in [3.63, 3.8) is 0 Å². The third-order valence-corrected chi connectivity index (χ3v) is 3.34. The molecule has 23 heavy (non-hydrogen) atoms. The number of aromatic nitrogens is 7. The molecule has 0 spiro atoms. The van der Waals surface area contributed by atoms with Gasteiger partial charge in [0, 0.05) is 11.8 Å². The predicted molar refractivity (Wildman–Crippen MR) is 88.3 cm³/mol. The van der Waals surface area contributed by atoms with Crippen LogP contribution in [-0.2, 0) is 0 Å². The highest BCUT2D eigenvalue weighted by Crippen LogP contribution is 2.17. The van der Waals surface area contributed by atoms with Crippen LogP contribution in [0.15, 0.2) is 53.7 Å². The lowest BCUT2D eigenvalue weighted by Gasteiger charge is -2.04. The van der Waals surface area contributed by atoms with E-state index in [1.54, 1.807) is 18.3 Å². The van der Waals surface area contributed by atoms with E-state index in [-0.39, 0.29) is 0 Å². The number of nitrogens with zero attached hydrogens (tertiary/aromatic N) is 7. The van der Waals surface area contributed by atoms with Crippen molar-refractivity contribution in [3.05, 3.63) is 48.7 Å². The highest BCUT2D eigenvalue weighted by atomic mass is 32.1. The maximum Gasteiger partial charge on any atom is 0.416 e. The zero-order chi connectivity index (χ0) is 15.6. The summed E-state index contributed by atoms with van der Waals surface area (Å²) in [7, 11) is 1.63. The molecule has 0 unspecified atom stereocenters. The molecule has 0 atom stereocenters. The lowest BCUT2D eigenvalue weighted by molar-refractivity contribution is 0.854. The van der Waals surface area contributed by atoms with Crippen LogP contribution in [0.1, 0.15) is 0 Å². The fourth-order valence-corrected chi connectivity index (χ4v) is 2.25. The molecule has 0 aliphatic rings. The molecule has 0 fully saturated rings. The number of nitrogens with one attached hydrogen (secondary N) is 1. The van der Waals surface area contributed by atoms with E-state index in [1.807, 2.05) is 42.5 Å². The fraction of sp³-hybridized carbons (Fsp3) is 0. The maximum absolute atomic E-state index is 4.50. The molecule has 8 nitrogen and oxygen atoms in total. The van der Waals surface area contributed by atoms with E-state index in [9.17, 15) is 0 Å². The molecule has 0 saturated carbocycles. The molecular formula is C13H10BN8S. The van der Waals surface area contributed by atoms with Crippen LogP contribution in [-0.4, -0.2) is 42.3 Å². The minimum atomic E-state index is 0.539. The van der Waals surface area contributed by atoms with Crippen LogP contribution < -0.4 is 5.23 Å². The van der Waals surface area contributed by atoms with Gasteiger partial charge in [-0.05, 0) is 12.1 Å². The van der Waals surface area contributed by atoms with Crippen LogP contribution in [0.25, 0.3) is 17.0 Å². The Bertz CT molecular complexity index is 951. The highest BCUT2D eigenvalue weighted by molar-refractivity contribution is 7.80. The maximum atomic E-state index is 4.50. The summed E-state index contributed by atoms with van der Waals surface area (Å²) in [5, 5.41) is 24.1. The number of thiol groups is 1. The Labute approximate surface area is 137 Å². The molecule has 0 aliphatic carbocycles. The summed E-state index contributed by atoms with van der Waals surface area (Å²) in [5.74, 6) is 1.31. The normalized spacial score (nSPS) is 10.8. The molecular weight excluding hydrogens is 311 g/mol. The summed E-state index contributed by atoms with van der Waals surface area (Å²) in [5.41, 5.74) is 1.62. The van der Waals surface area contributed by atoms with E-state index in [4.69, 9.17) is 0 Å². The van der Waals surface area contributed by atoms with E-state index in [2.05, 4.69) is 43.5 Å². The molecule has 0 saturated heterocycles. The number of anilines is 1. The zero-order valence-corrected chi connectivity index (χ0v) is 12.7. The molecule has 111 valence electrons. The van der Waals surface area contributed by atoms with Crippen LogP contribution in [0, 0.1) is 0 Å². The van der Waals surface area contributed by atoms with Gasteiger partial charge in [0.05, 0.1) is 0 Å². The Morgan fingerprint density at radius 2 is 1.87 bits per heavy atom. The third kappa shape index (κ3) is 2.75. The van der Waals surface area contributed by atoms with Crippen LogP contribution in [0.5, 0.6) is 0 Å². The second-order valence-electron chi connectivity index (χ2n) is 4.71. The molecule has 10 heteroatoms. The summed E-state index contributed by atoms with van der Waals surface area (Å²) in [4.78, 5) is 0. The second-order valence-corrected chi connectivity index (χ2v) is 5.17. The molecule has 3 aromatic heterocycles. The number of hydrogen-bond donors (Lipinski definition) is 2. The largest absolute Gasteiger partial charge is 0.416 e. The zero-order valence-electron chi connectivity index (χ0n) is 11.8. The van der Waals surface area contributed by atoms with Gasteiger partial charge in [-0.15, -0.1) is 33.0 Å². The van der Waals surface area contributed by atoms with Gasteiger partial charge in [0.25, 0.3) is 0 Å². The quantitative estimate of drug-likeness (QED) is 0.433. The SMILES string of the molecule is Sc1cn([B]Nc2ccc3nnc(-c4ccccc4)n3n2)nn1. The number of rotatable bonds is 4.